The van der Waals surface area contributed by atoms with E-state index < -0.39 is 36.4 Å². The number of carbonyl (C=O) groups is 4. The van der Waals surface area contributed by atoms with Crippen molar-refractivity contribution >= 4 is 23.9 Å². The van der Waals surface area contributed by atoms with Crippen molar-refractivity contribution in [3.05, 3.63) is 0 Å². The number of carboxylic acid groups (broad SMARTS) is 4. The van der Waals surface area contributed by atoms with Crippen LogP contribution in [0.3, 0.4) is 0 Å². The molecule has 1 atom stereocenters. The maximum atomic E-state index is 9.43. The molecule has 0 rings (SSSR count). The molecule has 106 valence electrons. The summed E-state index contributed by atoms with van der Waals surface area (Å²) in [5.74, 6) is -6.27. The molecular weight excluding hydrogens is 256 g/mol. The van der Waals surface area contributed by atoms with Gasteiger partial charge in [0.2, 0.25) is 0 Å². The Morgan fingerprint density at radius 1 is 0.889 bits per heavy atom. The third-order valence-corrected chi connectivity index (χ3v) is 0.750. The van der Waals surface area contributed by atoms with Crippen LogP contribution < -0.4 is 0 Å². The molecule has 0 heterocycles. The number of hydrogen-bond acceptors (Lipinski definition) is 6. The lowest BCUT2D eigenvalue weighted by molar-refractivity contribution is -0.159. The second kappa shape index (κ2) is 12.9. The Kier molecular flexibility index (Phi) is 15.1. The fourth-order valence-corrected chi connectivity index (χ4v) is 0.129. The summed E-state index contributed by atoms with van der Waals surface area (Å²) in [6, 6.07) is 0. The monoisotopic (exact) mass is 270 g/mol. The van der Waals surface area contributed by atoms with Crippen molar-refractivity contribution in [1.29, 1.82) is 0 Å². The van der Waals surface area contributed by atoms with Gasteiger partial charge in [0.1, 0.15) is 6.42 Å². The number of aliphatic hydroxyl groups excluding tert-OH is 2. The SMILES string of the molecule is CC(O)CO.O=C(O)C(=O)O.O=C(O)CC(=O)O. The van der Waals surface area contributed by atoms with Gasteiger partial charge in [0, 0.05) is 0 Å². The minimum Gasteiger partial charge on any atom is -0.481 e. The van der Waals surface area contributed by atoms with Crippen molar-refractivity contribution in [2.45, 2.75) is 19.4 Å². The third-order valence-electron chi connectivity index (χ3n) is 0.750. The van der Waals surface area contributed by atoms with Crippen molar-refractivity contribution in [2.24, 2.45) is 0 Å². The minimum atomic E-state index is -1.82. The van der Waals surface area contributed by atoms with Gasteiger partial charge in [-0.1, -0.05) is 0 Å². The van der Waals surface area contributed by atoms with Crippen molar-refractivity contribution in [3.63, 3.8) is 0 Å². The van der Waals surface area contributed by atoms with Crippen molar-refractivity contribution in [3.8, 4) is 0 Å². The van der Waals surface area contributed by atoms with Crippen molar-refractivity contribution in [2.75, 3.05) is 6.61 Å². The lowest BCUT2D eigenvalue weighted by Gasteiger charge is -1.90. The molecule has 0 bridgehead atoms. The van der Waals surface area contributed by atoms with Crippen LogP contribution in [0.2, 0.25) is 0 Å². The highest BCUT2D eigenvalue weighted by Gasteiger charge is 2.04. The molecule has 1 unspecified atom stereocenters. The van der Waals surface area contributed by atoms with E-state index >= 15 is 0 Å². The Morgan fingerprint density at radius 2 is 1.11 bits per heavy atom. The zero-order chi connectivity index (χ0) is 15.3. The number of hydrogen-bond donors (Lipinski definition) is 6. The molecule has 0 aromatic heterocycles. The summed E-state index contributed by atoms with van der Waals surface area (Å²) >= 11 is 0. The first kappa shape index (κ1) is 21.1. The summed E-state index contributed by atoms with van der Waals surface area (Å²) in [6.07, 6.45) is -1.37. The highest BCUT2D eigenvalue weighted by atomic mass is 16.4. The maximum Gasteiger partial charge on any atom is 0.414 e. The molecule has 0 aliphatic carbocycles. The van der Waals surface area contributed by atoms with Crippen LogP contribution in [0.4, 0.5) is 0 Å². The van der Waals surface area contributed by atoms with Gasteiger partial charge in [-0.05, 0) is 6.92 Å². The zero-order valence-electron chi connectivity index (χ0n) is 9.31. The van der Waals surface area contributed by atoms with E-state index in [0.29, 0.717) is 0 Å². The van der Waals surface area contributed by atoms with Crippen LogP contribution in [0.5, 0.6) is 0 Å². The number of aliphatic carboxylic acids is 4. The van der Waals surface area contributed by atoms with E-state index in [0.717, 1.165) is 0 Å². The van der Waals surface area contributed by atoms with Crippen LogP contribution in [0.1, 0.15) is 13.3 Å². The highest BCUT2D eigenvalue weighted by Crippen LogP contribution is 1.74. The lowest BCUT2D eigenvalue weighted by atomic mass is 10.5. The van der Waals surface area contributed by atoms with Crippen molar-refractivity contribution < 1.29 is 49.8 Å². The van der Waals surface area contributed by atoms with E-state index in [1.165, 1.54) is 6.92 Å². The molecule has 0 aliphatic heterocycles. The first-order valence-electron chi connectivity index (χ1n) is 4.23. The third kappa shape index (κ3) is 37.2. The molecule has 10 heteroatoms. The molecule has 6 N–H and O–H groups in total. The molecule has 18 heavy (non-hydrogen) atoms. The smallest absolute Gasteiger partial charge is 0.414 e. The van der Waals surface area contributed by atoms with Crippen LogP contribution in [-0.2, 0) is 19.2 Å². The molecule has 0 spiro atoms. The molecule has 10 nitrogen and oxygen atoms in total. The van der Waals surface area contributed by atoms with E-state index in [4.69, 9.17) is 40.2 Å². The molecule has 0 saturated heterocycles. The predicted molar refractivity (Wildman–Crippen MR) is 53.9 cm³/mol. The number of carboxylic acids is 4. The second-order valence-corrected chi connectivity index (χ2v) is 2.61. The van der Waals surface area contributed by atoms with Crippen LogP contribution in [0, 0.1) is 0 Å². The van der Waals surface area contributed by atoms with E-state index in [1.54, 1.807) is 0 Å². The summed E-state index contributed by atoms with van der Waals surface area (Å²) in [5, 5.41) is 46.2. The maximum absolute atomic E-state index is 9.43. The van der Waals surface area contributed by atoms with E-state index in [9.17, 15) is 9.59 Å². The lowest BCUT2D eigenvalue weighted by Crippen LogP contribution is -2.09. The summed E-state index contributed by atoms with van der Waals surface area (Å²) in [7, 11) is 0. The Morgan fingerprint density at radius 3 is 1.11 bits per heavy atom. The zero-order valence-corrected chi connectivity index (χ0v) is 9.31. The Hall–Kier alpha value is -2.20. The quantitative estimate of drug-likeness (QED) is 0.248. The minimum absolute atomic E-state index is 0.139. The molecule has 0 radical (unpaired) electrons. The average Bonchev–Trinajstić information content (AvgIpc) is 2.17. The predicted octanol–water partition coefficient (Wildman–Crippen LogP) is -1.94. The fourth-order valence-electron chi connectivity index (χ4n) is 0.129. The number of aliphatic hydroxyl groups is 2. The number of rotatable bonds is 3. The van der Waals surface area contributed by atoms with E-state index in [-0.39, 0.29) is 6.61 Å². The molecule has 0 aliphatic rings. The van der Waals surface area contributed by atoms with E-state index in [1.807, 2.05) is 0 Å². The molecule has 0 aromatic carbocycles. The van der Waals surface area contributed by atoms with E-state index in [2.05, 4.69) is 0 Å². The summed E-state index contributed by atoms with van der Waals surface area (Å²) < 4.78 is 0. The molecular formula is C8H14O10. The molecule has 0 fully saturated rings. The standard InChI is InChI=1S/C3H4O4.C3H8O2.C2H2O4/c4-2(5)1-3(6)7;1-3(5)2-4;3-1(4)2(5)6/h1H2,(H,4,5)(H,6,7);3-5H,2H2,1H3;(H,3,4)(H,5,6). The van der Waals surface area contributed by atoms with Gasteiger partial charge in [0.15, 0.2) is 0 Å². The Bertz CT molecular complexity index is 258. The first-order valence-corrected chi connectivity index (χ1v) is 4.23. The van der Waals surface area contributed by atoms with Gasteiger partial charge in [0.05, 0.1) is 12.7 Å². The second-order valence-electron chi connectivity index (χ2n) is 2.61. The summed E-state index contributed by atoms with van der Waals surface area (Å²) in [4.78, 5) is 37.1. The largest absolute Gasteiger partial charge is 0.481 e. The average molecular weight is 270 g/mol. The topological polar surface area (TPSA) is 190 Å². The van der Waals surface area contributed by atoms with Crippen LogP contribution in [0.25, 0.3) is 0 Å². The van der Waals surface area contributed by atoms with Gasteiger partial charge in [-0.2, -0.15) is 0 Å². The van der Waals surface area contributed by atoms with Gasteiger partial charge in [-0.3, -0.25) is 9.59 Å². The fraction of sp³-hybridized carbons (Fsp3) is 0.500. The normalized spacial score (nSPS) is 9.72. The first-order chi connectivity index (χ1) is 8.04. The van der Waals surface area contributed by atoms with Crippen LogP contribution in [-0.4, -0.2) is 67.2 Å². The van der Waals surface area contributed by atoms with Gasteiger partial charge < -0.3 is 30.6 Å². The molecule has 0 saturated carbocycles. The van der Waals surface area contributed by atoms with Crippen LogP contribution >= 0.6 is 0 Å². The van der Waals surface area contributed by atoms with Crippen molar-refractivity contribution in [1.82, 2.24) is 0 Å². The summed E-state index contributed by atoms with van der Waals surface area (Å²) in [6.45, 7) is 1.39. The summed E-state index contributed by atoms with van der Waals surface area (Å²) in [5.41, 5.74) is 0. The molecule has 0 amide bonds. The molecule has 0 aromatic rings. The van der Waals surface area contributed by atoms with Gasteiger partial charge in [-0.15, -0.1) is 0 Å². The van der Waals surface area contributed by atoms with Gasteiger partial charge in [-0.25, -0.2) is 9.59 Å². The van der Waals surface area contributed by atoms with Gasteiger partial charge in [0.25, 0.3) is 0 Å². The Labute approximate surface area is 101 Å². The van der Waals surface area contributed by atoms with Crippen LogP contribution in [0.15, 0.2) is 0 Å². The Balaban J connectivity index is -0.000000190. The van der Waals surface area contributed by atoms with Gasteiger partial charge >= 0.3 is 23.9 Å². The highest BCUT2D eigenvalue weighted by molar-refractivity contribution is 6.27.